The summed E-state index contributed by atoms with van der Waals surface area (Å²) in [6.07, 6.45) is 41.2. The van der Waals surface area contributed by atoms with Crippen molar-refractivity contribution in [2.24, 2.45) is 0 Å². The van der Waals surface area contributed by atoms with Crippen molar-refractivity contribution in [3.05, 3.63) is 24.3 Å². The van der Waals surface area contributed by atoms with Crippen LogP contribution in [-0.4, -0.2) is 18.4 Å². The van der Waals surface area contributed by atoms with Crippen LogP contribution >= 0.6 is 0 Å². The Balaban J connectivity index is 3.23. The second kappa shape index (κ2) is 33.1. The predicted molar refractivity (Wildman–Crippen MR) is 179 cm³/mol. The maximum absolute atomic E-state index is 12.1. The smallest absolute Gasteiger partial charge is 0.333 e. The minimum atomic E-state index is -0.268. The number of hydrogen-bond acceptors (Lipinski definition) is 3. The summed E-state index contributed by atoms with van der Waals surface area (Å²) >= 11 is 0. The molecule has 0 aliphatic carbocycles. The number of rotatable bonds is 33. The second-order valence-electron chi connectivity index (χ2n) is 12.5. The number of Topliss-reactive ketones (excluding diaryl/α,β-unsaturated/α-hetero) is 1. The number of esters is 1. The average Bonchev–Trinajstić information content (AvgIpc) is 2.96. The predicted octanol–water partition coefficient (Wildman–Crippen LogP) is 12.6. The lowest BCUT2D eigenvalue weighted by molar-refractivity contribution is -0.139. The molecule has 0 fully saturated rings. The molecule has 0 unspecified atom stereocenters. The summed E-state index contributed by atoms with van der Waals surface area (Å²) in [5.74, 6) is 0.232. The highest BCUT2D eigenvalue weighted by atomic mass is 16.5. The molecule has 0 aromatic rings. The van der Waals surface area contributed by atoms with Crippen LogP contribution in [0, 0.1) is 0 Å². The largest absolute Gasteiger partial charge is 0.462 e. The minimum Gasteiger partial charge on any atom is -0.462 e. The summed E-state index contributed by atoms with van der Waals surface area (Å²) in [6, 6.07) is 0. The molecule has 0 amide bonds. The van der Waals surface area contributed by atoms with E-state index in [2.05, 4.69) is 25.7 Å². The van der Waals surface area contributed by atoms with E-state index >= 15 is 0 Å². The summed E-state index contributed by atoms with van der Waals surface area (Å²) in [5.41, 5.74) is 0.479. The van der Waals surface area contributed by atoms with Crippen LogP contribution in [0.1, 0.15) is 200 Å². The zero-order valence-electron chi connectivity index (χ0n) is 27.8. The number of carbonyl (C=O) groups is 2. The summed E-state index contributed by atoms with van der Waals surface area (Å²) in [6.45, 7) is 8.08. The Labute approximate surface area is 256 Å². The molecule has 0 aliphatic heterocycles. The van der Waals surface area contributed by atoms with Gasteiger partial charge in [0.1, 0.15) is 5.78 Å². The van der Waals surface area contributed by atoms with Gasteiger partial charge in [-0.05, 0) is 51.9 Å². The molecule has 0 bridgehead atoms. The van der Waals surface area contributed by atoms with E-state index in [0.29, 0.717) is 18.0 Å². The van der Waals surface area contributed by atoms with Gasteiger partial charge in [0.05, 0.1) is 6.61 Å². The van der Waals surface area contributed by atoms with Crippen LogP contribution in [0.2, 0.25) is 0 Å². The maximum Gasteiger partial charge on any atom is 0.333 e. The van der Waals surface area contributed by atoms with E-state index in [4.69, 9.17) is 4.74 Å². The van der Waals surface area contributed by atoms with Gasteiger partial charge in [-0.15, -0.1) is 0 Å². The Morgan fingerprint density at radius 3 is 1.24 bits per heavy atom. The maximum atomic E-state index is 12.1. The molecule has 3 heteroatoms. The molecule has 0 saturated heterocycles. The first-order valence-electron chi connectivity index (χ1n) is 18.1. The molecule has 0 radical (unpaired) electrons. The van der Waals surface area contributed by atoms with E-state index in [-0.39, 0.29) is 5.97 Å². The van der Waals surface area contributed by atoms with E-state index < -0.39 is 0 Å². The van der Waals surface area contributed by atoms with Gasteiger partial charge in [-0.2, -0.15) is 0 Å². The van der Waals surface area contributed by atoms with Crippen molar-refractivity contribution in [3.63, 3.8) is 0 Å². The zero-order valence-corrected chi connectivity index (χ0v) is 27.8. The molecule has 0 heterocycles. The number of ketones is 1. The molecule has 0 saturated carbocycles. The normalized spacial score (nSPS) is 11.4. The van der Waals surface area contributed by atoms with E-state index in [1.807, 2.05) is 0 Å². The van der Waals surface area contributed by atoms with Gasteiger partial charge < -0.3 is 4.74 Å². The third kappa shape index (κ3) is 33.0. The first kappa shape index (κ1) is 39.6. The van der Waals surface area contributed by atoms with Gasteiger partial charge in [-0.1, -0.05) is 154 Å². The minimum absolute atomic E-state index is 0.268. The molecule has 240 valence electrons. The van der Waals surface area contributed by atoms with Crippen LogP contribution in [0.15, 0.2) is 24.3 Å². The van der Waals surface area contributed by atoms with Crippen molar-refractivity contribution in [2.45, 2.75) is 200 Å². The van der Waals surface area contributed by atoms with Crippen molar-refractivity contribution in [1.29, 1.82) is 0 Å². The van der Waals surface area contributed by atoms with E-state index in [9.17, 15) is 9.59 Å². The lowest BCUT2D eigenvalue weighted by atomic mass is 10.0. The van der Waals surface area contributed by atoms with Gasteiger partial charge >= 0.3 is 5.97 Å². The first-order valence-corrected chi connectivity index (χ1v) is 18.1. The Morgan fingerprint density at radius 2 is 0.854 bits per heavy atom. The van der Waals surface area contributed by atoms with Gasteiger partial charge in [0.2, 0.25) is 0 Å². The number of carbonyl (C=O) groups excluding carboxylic acids is 2. The van der Waals surface area contributed by atoms with Crippen LogP contribution in [0.4, 0.5) is 0 Å². The molecule has 0 aromatic heterocycles. The Kier molecular flexibility index (Phi) is 32.0. The molecule has 0 aromatic carbocycles. The van der Waals surface area contributed by atoms with E-state index in [0.717, 1.165) is 38.5 Å². The molecule has 0 atom stereocenters. The summed E-state index contributed by atoms with van der Waals surface area (Å²) in [7, 11) is 0. The highest BCUT2D eigenvalue weighted by molar-refractivity contribution is 5.86. The molecule has 3 nitrogen and oxygen atoms in total. The third-order valence-corrected chi connectivity index (χ3v) is 8.15. The van der Waals surface area contributed by atoms with Crippen LogP contribution < -0.4 is 0 Å². The summed E-state index contributed by atoms with van der Waals surface area (Å²) in [4.78, 5) is 23.4. The van der Waals surface area contributed by atoms with Crippen molar-refractivity contribution >= 4 is 11.8 Å². The van der Waals surface area contributed by atoms with Crippen LogP contribution in [0.25, 0.3) is 0 Å². The number of allylic oxidation sites excluding steroid dienone is 2. The monoisotopic (exact) mass is 575 g/mol. The van der Waals surface area contributed by atoms with Crippen molar-refractivity contribution in [3.8, 4) is 0 Å². The topological polar surface area (TPSA) is 43.4 Å². The van der Waals surface area contributed by atoms with Gasteiger partial charge in [0.15, 0.2) is 0 Å². The Bertz CT molecular complexity index is 621. The van der Waals surface area contributed by atoms with E-state index in [1.54, 1.807) is 6.92 Å². The van der Waals surface area contributed by atoms with Gasteiger partial charge in [0, 0.05) is 18.4 Å². The van der Waals surface area contributed by atoms with E-state index in [1.165, 1.54) is 148 Å². The van der Waals surface area contributed by atoms with Crippen molar-refractivity contribution in [2.75, 3.05) is 6.61 Å². The Morgan fingerprint density at radius 1 is 0.512 bits per heavy atom. The fraction of sp³-hybridized carbons (Fsp3) is 0.842. The van der Waals surface area contributed by atoms with Crippen LogP contribution in [-0.2, 0) is 14.3 Å². The molecule has 0 rings (SSSR count). The van der Waals surface area contributed by atoms with Gasteiger partial charge in [0.25, 0.3) is 0 Å². The standard InChI is InChI=1S/C38H70O3/c1-4-5-6-7-8-9-10-15-18-21-24-27-30-33-37(39)34-31-28-25-22-19-16-13-11-12-14-17-20-23-26-29-32-35-41-38(40)36(2)3/h11-12H,2,4-10,13-35H2,1,3H3/b12-11-. The molecule has 0 spiro atoms. The second-order valence-corrected chi connectivity index (χ2v) is 12.5. The van der Waals surface area contributed by atoms with Crippen LogP contribution in [0.3, 0.4) is 0 Å². The Hall–Kier alpha value is -1.38. The van der Waals surface area contributed by atoms with Crippen molar-refractivity contribution in [1.82, 2.24) is 0 Å². The number of hydrogen-bond donors (Lipinski definition) is 0. The highest BCUT2D eigenvalue weighted by Gasteiger charge is 2.03. The summed E-state index contributed by atoms with van der Waals surface area (Å²) < 4.78 is 5.11. The number of unbranched alkanes of at least 4 members (excludes halogenated alkanes) is 24. The molecule has 0 aliphatic rings. The van der Waals surface area contributed by atoms with Gasteiger partial charge in [-0.3, -0.25) is 4.79 Å². The quantitative estimate of drug-likeness (QED) is 0.0339. The molecule has 0 N–H and O–H groups in total. The first-order chi connectivity index (χ1) is 20.1. The zero-order chi connectivity index (χ0) is 30.1. The third-order valence-electron chi connectivity index (χ3n) is 8.15. The van der Waals surface area contributed by atoms with Crippen LogP contribution in [0.5, 0.6) is 0 Å². The lowest BCUT2D eigenvalue weighted by Crippen LogP contribution is -2.05. The number of ether oxygens (including phenoxy) is 1. The molecule has 41 heavy (non-hydrogen) atoms. The molecular formula is C38H70O3. The highest BCUT2D eigenvalue weighted by Crippen LogP contribution is 2.15. The summed E-state index contributed by atoms with van der Waals surface area (Å²) in [5, 5.41) is 0. The van der Waals surface area contributed by atoms with Gasteiger partial charge in [-0.25, -0.2) is 4.79 Å². The molecular weight excluding hydrogens is 504 g/mol. The SMILES string of the molecule is C=C(C)C(=O)OCCCCCCCC/C=C\CCCCCCCCC(=O)CCCCCCCCCCCCCCC. The average molecular weight is 575 g/mol. The van der Waals surface area contributed by atoms with Crippen molar-refractivity contribution < 1.29 is 14.3 Å². The fourth-order valence-corrected chi connectivity index (χ4v) is 5.35. The fourth-order valence-electron chi connectivity index (χ4n) is 5.35. The lowest BCUT2D eigenvalue weighted by Gasteiger charge is -2.04.